The molecule has 116 valence electrons. The molecular formula is C15H20ClNO4. The summed E-state index contributed by atoms with van der Waals surface area (Å²) in [5, 5.41) is 3.14. The second kappa shape index (κ2) is 7.88. The average Bonchev–Trinajstić information content (AvgIpc) is 2.44. The van der Waals surface area contributed by atoms with Gasteiger partial charge in [0.25, 0.3) is 5.91 Å². The van der Waals surface area contributed by atoms with Crippen LogP contribution in [0.4, 0.5) is 0 Å². The van der Waals surface area contributed by atoms with Gasteiger partial charge in [-0.1, -0.05) is 25.4 Å². The number of carbonyl (C=O) groups is 2. The van der Waals surface area contributed by atoms with Crippen molar-refractivity contribution in [1.29, 1.82) is 0 Å². The number of carbonyl (C=O) groups excluding carboxylic acids is 2. The Bertz CT molecular complexity index is 516. The minimum absolute atomic E-state index is 0.0110. The summed E-state index contributed by atoms with van der Waals surface area (Å²) in [7, 11) is 1.44. The first kappa shape index (κ1) is 17.3. The van der Waals surface area contributed by atoms with Crippen LogP contribution in [-0.4, -0.2) is 31.6 Å². The second-order valence-corrected chi connectivity index (χ2v) is 5.46. The maximum Gasteiger partial charge on any atom is 0.342 e. The molecule has 0 radical (unpaired) electrons. The lowest BCUT2D eigenvalue weighted by Crippen LogP contribution is -2.38. The van der Waals surface area contributed by atoms with Gasteiger partial charge in [0.15, 0.2) is 6.61 Å². The van der Waals surface area contributed by atoms with Gasteiger partial charge in [0.1, 0.15) is 11.3 Å². The van der Waals surface area contributed by atoms with Crippen molar-refractivity contribution in [2.75, 3.05) is 13.7 Å². The SMILES string of the molecule is COc1ccc(Cl)cc1C(=O)OCC(=O)N[C@H](C)C(C)C. The van der Waals surface area contributed by atoms with Crippen LogP contribution in [0.1, 0.15) is 31.1 Å². The molecule has 0 saturated heterocycles. The number of esters is 1. The van der Waals surface area contributed by atoms with Gasteiger partial charge in [-0.15, -0.1) is 0 Å². The van der Waals surface area contributed by atoms with Crippen LogP contribution in [-0.2, 0) is 9.53 Å². The topological polar surface area (TPSA) is 64.6 Å². The highest BCUT2D eigenvalue weighted by atomic mass is 35.5. The molecule has 0 fully saturated rings. The van der Waals surface area contributed by atoms with Crippen molar-refractivity contribution < 1.29 is 19.1 Å². The van der Waals surface area contributed by atoms with Gasteiger partial charge in [-0.25, -0.2) is 4.79 Å². The Kier molecular flexibility index (Phi) is 6.49. The third-order valence-electron chi connectivity index (χ3n) is 3.10. The summed E-state index contributed by atoms with van der Waals surface area (Å²) in [5.74, 6) is -0.342. The maximum atomic E-state index is 12.0. The van der Waals surface area contributed by atoms with E-state index in [4.69, 9.17) is 21.1 Å². The molecule has 1 N–H and O–H groups in total. The zero-order valence-corrected chi connectivity index (χ0v) is 13.4. The normalized spacial score (nSPS) is 11.9. The Morgan fingerprint density at radius 2 is 1.95 bits per heavy atom. The molecule has 1 amide bonds. The number of benzene rings is 1. The number of hydrogen-bond acceptors (Lipinski definition) is 4. The van der Waals surface area contributed by atoms with Gasteiger partial charge in [0.05, 0.1) is 7.11 Å². The van der Waals surface area contributed by atoms with Crippen LogP contribution in [0.2, 0.25) is 5.02 Å². The lowest BCUT2D eigenvalue weighted by atomic mass is 10.1. The molecule has 6 heteroatoms. The number of nitrogens with one attached hydrogen (secondary N) is 1. The van der Waals surface area contributed by atoms with Crippen molar-refractivity contribution in [1.82, 2.24) is 5.32 Å². The van der Waals surface area contributed by atoms with Crippen LogP contribution in [0.5, 0.6) is 5.75 Å². The van der Waals surface area contributed by atoms with Crippen molar-refractivity contribution in [2.45, 2.75) is 26.8 Å². The molecule has 0 unspecified atom stereocenters. The van der Waals surface area contributed by atoms with Gasteiger partial charge in [-0.2, -0.15) is 0 Å². The highest BCUT2D eigenvalue weighted by molar-refractivity contribution is 6.31. The smallest absolute Gasteiger partial charge is 0.342 e. The van der Waals surface area contributed by atoms with Crippen molar-refractivity contribution >= 4 is 23.5 Å². The van der Waals surface area contributed by atoms with Crippen molar-refractivity contribution in [3.63, 3.8) is 0 Å². The number of hydrogen-bond donors (Lipinski definition) is 1. The summed E-state index contributed by atoms with van der Waals surface area (Å²) >= 11 is 5.84. The molecule has 0 aromatic heterocycles. The fourth-order valence-electron chi connectivity index (χ4n) is 1.51. The van der Waals surface area contributed by atoms with Gasteiger partial charge < -0.3 is 14.8 Å². The van der Waals surface area contributed by atoms with Crippen LogP contribution in [0, 0.1) is 5.92 Å². The average molecular weight is 314 g/mol. The number of ether oxygens (including phenoxy) is 2. The van der Waals surface area contributed by atoms with Gasteiger partial charge in [-0.05, 0) is 31.0 Å². The van der Waals surface area contributed by atoms with E-state index in [0.717, 1.165) is 0 Å². The Balaban J connectivity index is 2.62. The standard InChI is InChI=1S/C15H20ClNO4/c1-9(2)10(3)17-14(18)8-21-15(19)12-7-11(16)5-6-13(12)20-4/h5-7,9-10H,8H2,1-4H3,(H,17,18)/t10-/m1/s1. The third kappa shape index (κ3) is 5.27. The van der Waals surface area contributed by atoms with Crippen LogP contribution in [0.15, 0.2) is 18.2 Å². The Morgan fingerprint density at radius 1 is 1.29 bits per heavy atom. The summed E-state index contributed by atoms with van der Waals surface area (Å²) < 4.78 is 10.0. The zero-order chi connectivity index (χ0) is 16.0. The summed E-state index contributed by atoms with van der Waals surface area (Å²) in [6.07, 6.45) is 0. The molecule has 5 nitrogen and oxygen atoms in total. The van der Waals surface area contributed by atoms with E-state index in [-0.39, 0.29) is 24.1 Å². The molecule has 21 heavy (non-hydrogen) atoms. The van der Waals surface area contributed by atoms with Crippen molar-refractivity contribution in [2.24, 2.45) is 5.92 Å². The van der Waals surface area contributed by atoms with E-state index in [2.05, 4.69) is 5.32 Å². The maximum absolute atomic E-state index is 12.0. The van der Waals surface area contributed by atoms with E-state index in [1.807, 2.05) is 20.8 Å². The number of methoxy groups -OCH3 is 1. The summed E-state index contributed by atoms with van der Waals surface area (Å²) in [4.78, 5) is 23.6. The summed E-state index contributed by atoms with van der Waals surface area (Å²) in [5.41, 5.74) is 0.190. The predicted octanol–water partition coefficient (Wildman–Crippen LogP) is 2.67. The van der Waals surface area contributed by atoms with E-state index < -0.39 is 5.97 Å². The largest absolute Gasteiger partial charge is 0.496 e. The fourth-order valence-corrected chi connectivity index (χ4v) is 1.68. The summed E-state index contributed by atoms with van der Waals surface area (Å²) in [6, 6.07) is 4.63. The van der Waals surface area contributed by atoms with E-state index >= 15 is 0 Å². The number of halogens is 1. The first-order valence-electron chi connectivity index (χ1n) is 6.65. The Morgan fingerprint density at radius 3 is 2.52 bits per heavy atom. The number of amides is 1. The highest BCUT2D eigenvalue weighted by Gasteiger charge is 2.17. The van der Waals surface area contributed by atoms with Gasteiger partial charge in [-0.3, -0.25) is 4.79 Å². The van der Waals surface area contributed by atoms with E-state index in [1.165, 1.54) is 13.2 Å². The van der Waals surface area contributed by atoms with Gasteiger partial charge in [0, 0.05) is 11.1 Å². The molecule has 1 aromatic rings. The molecule has 0 aliphatic rings. The van der Waals surface area contributed by atoms with E-state index in [0.29, 0.717) is 16.7 Å². The van der Waals surface area contributed by atoms with Gasteiger partial charge in [0.2, 0.25) is 0 Å². The van der Waals surface area contributed by atoms with Crippen LogP contribution < -0.4 is 10.1 Å². The Hall–Kier alpha value is -1.75. The molecule has 1 rings (SSSR count). The Labute approximate surface area is 129 Å². The molecule has 1 atom stereocenters. The third-order valence-corrected chi connectivity index (χ3v) is 3.34. The second-order valence-electron chi connectivity index (χ2n) is 5.02. The van der Waals surface area contributed by atoms with E-state index in [9.17, 15) is 9.59 Å². The van der Waals surface area contributed by atoms with Crippen molar-refractivity contribution in [3.05, 3.63) is 28.8 Å². The molecular weight excluding hydrogens is 294 g/mol. The minimum atomic E-state index is -0.651. The molecule has 0 saturated carbocycles. The fraction of sp³-hybridized carbons (Fsp3) is 0.467. The van der Waals surface area contributed by atoms with Crippen molar-refractivity contribution in [3.8, 4) is 5.75 Å². The lowest BCUT2D eigenvalue weighted by molar-refractivity contribution is -0.125. The van der Waals surface area contributed by atoms with Crippen LogP contribution in [0.3, 0.4) is 0 Å². The van der Waals surface area contributed by atoms with Gasteiger partial charge >= 0.3 is 5.97 Å². The molecule has 0 spiro atoms. The molecule has 0 aliphatic heterocycles. The first-order chi connectivity index (χ1) is 9.85. The monoisotopic (exact) mass is 313 g/mol. The minimum Gasteiger partial charge on any atom is -0.496 e. The molecule has 0 bridgehead atoms. The molecule has 1 aromatic carbocycles. The van der Waals surface area contributed by atoms with Crippen LogP contribution >= 0.6 is 11.6 Å². The quantitative estimate of drug-likeness (QED) is 0.820. The zero-order valence-electron chi connectivity index (χ0n) is 12.6. The molecule has 0 aliphatic carbocycles. The first-order valence-corrected chi connectivity index (χ1v) is 7.03. The summed E-state index contributed by atoms with van der Waals surface area (Å²) in [6.45, 7) is 5.54. The molecule has 0 heterocycles. The highest BCUT2D eigenvalue weighted by Crippen LogP contribution is 2.23. The predicted molar refractivity (Wildman–Crippen MR) is 80.7 cm³/mol. The number of rotatable bonds is 6. The lowest BCUT2D eigenvalue weighted by Gasteiger charge is -2.17. The van der Waals surface area contributed by atoms with Crippen LogP contribution in [0.25, 0.3) is 0 Å². The van der Waals surface area contributed by atoms with E-state index in [1.54, 1.807) is 12.1 Å².